The minimum absolute atomic E-state index is 0.156. The lowest BCUT2D eigenvalue weighted by Crippen LogP contribution is -2.35. The monoisotopic (exact) mass is 363 g/mol. The lowest BCUT2D eigenvalue weighted by Gasteiger charge is -2.22. The highest BCUT2D eigenvalue weighted by Crippen LogP contribution is 2.28. The van der Waals surface area contributed by atoms with Crippen molar-refractivity contribution in [1.29, 1.82) is 0 Å². The van der Waals surface area contributed by atoms with Gasteiger partial charge in [-0.15, -0.1) is 0 Å². The Morgan fingerprint density at radius 1 is 1.38 bits per heavy atom. The normalized spacial score (nSPS) is 17.5. The van der Waals surface area contributed by atoms with E-state index in [2.05, 4.69) is 10.4 Å². The van der Waals surface area contributed by atoms with Crippen LogP contribution in [0.25, 0.3) is 0 Å². The molecule has 1 aromatic carbocycles. The van der Waals surface area contributed by atoms with Gasteiger partial charge in [-0.05, 0) is 39.2 Å². The van der Waals surface area contributed by atoms with Crippen LogP contribution >= 0.6 is 0 Å². The molecule has 138 valence electrons. The predicted octanol–water partition coefficient (Wildman–Crippen LogP) is 2.92. The summed E-state index contributed by atoms with van der Waals surface area (Å²) in [7, 11) is 0. The van der Waals surface area contributed by atoms with Gasteiger partial charge in [0.2, 0.25) is 0 Å². The predicted molar refractivity (Wildman–Crippen MR) is 88.8 cm³/mol. The molecule has 0 aliphatic carbocycles. The number of rotatable bonds is 4. The van der Waals surface area contributed by atoms with Crippen molar-refractivity contribution >= 4 is 11.9 Å². The van der Waals surface area contributed by atoms with E-state index >= 15 is 0 Å². The maximum absolute atomic E-state index is 14.0. The van der Waals surface area contributed by atoms with Gasteiger partial charge in [-0.1, -0.05) is 6.07 Å². The first-order valence-corrected chi connectivity index (χ1v) is 8.36. The molecule has 8 heteroatoms. The van der Waals surface area contributed by atoms with Crippen molar-refractivity contribution in [3.63, 3.8) is 0 Å². The zero-order valence-electron chi connectivity index (χ0n) is 14.4. The summed E-state index contributed by atoms with van der Waals surface area (Å²) >= 11 is 0. The Bertz CT molecular complexity index is 879. The molecule has 3 rings (SSSR count). The van der Waals surface area contributed by atoms with Crippen LogP contribution in [0.5, 0.6) is 0 Å². The van der Waals surface area contributed by atoms with Gasteiger partial charge in [-0.25, -0.2) is 13.6 Å². The molecule has 2 atom stereocenters. The Morgan fingerprint density at radius 3 is 2.77 bits per heavy atom. The number of carbonyl (C=O) groups is 2. The van der Waals surface area contributed by atoms with Crippen LogP contribution in [-0.4, -0.2) is 26.8 Å². The van der Waals surface area contributed by atoms with E-state index in [1.165, 1.54) is 0 Å². The second kappa shape index (κ2) is 6.86. The first-order valence-electron chi connectivity index (χ1n) is 8.36. The summed E-state index contributed by atoms with van der Waals surface area (Å²) < 4.78 is 28.9. The molecular formula is C18H19F2N3O3. The van der Waals surface area contributed by atoms with E-state index in [0.29, 0.717) is 23.7 Å². The zero-order valence-corrected chi connectivity index (χ0v) is 14.4. The lowest BCUT2D eigenvalue weighted by molar-refractivity contribution is -0.139. The van der Waals surface area contributed by atoms with Crippen molar-refractivity contribution < 1.29 is 23.5 Å². The number of carbonyl (C=O) groups excluding carboxylic acids is 1. The average molecular weight is 363 g/mol. The lowest BCUT2D eigenvalue weighted by atomic mass is 10.00. The fourth-order valence-electron chi connectivity index (χ4n) is 3.39. The molecule has 2 aromatic rings. The number of carboxylic acid groups (broad SMARTS) is 1. The SMILES string of the molecule is Cc1nn2c(c1C(=O)NC(C(=O)O)c1ccc(F)cc1F)CCCC2C. The fraction of sp³-hybridized carbons (Fsp3) is 0.389. The van der Waals surface area contributed by atoms with Gasteiger partial charge >= 0.3 is 5.97 Å². The molecule has 2 N–H and O–H groups in total. The smallest absolute Gasteiger partial charge is 0.331 e. The number of fused-ring (bicyclic) bond motifs is 1. The molecule has 1 aromatic heterocycles. The number of amides is 1. The van der Waals surface area contributed by atoms with E-state index < -0.39 is 29.6 Å². The summed E-state index contributed by atoms with van der Waals surface area (Å²) in [5.41, 5.74) is 1.27. The van der Waals surface area contributed by atoms with Crippen LogP contribution in [0.15, 0.2) is 18.2 Å². The van der Waals surface area contributed by atoms with Gasteiger partial charge in [0, 0.05) is 17.7 Å². The molecule has 0 fully saturated rings. The summed E-state index contributed by atoms with van der Waals surface area (Å²) in [6.45, 7) is 3.69. The van der Waals surface area contributed by atoms with E-state index in [1.54, 1.807) is 11.6 Å². The van der Waals surface area contributed by atoms with Crippen molar-refractivity contribution in [2.45, 2.75) is 45.2 Å². The standard InChI is InChI=1S/C18H19F2N3O3/c1-9-4-3-5-14-15(10(2)22-23(9)14)17(24)21-16(18(25)26)12-7-6-11(19)8-13(12)20/h6-9,16H,3-5H2,1-2H3,(H,21,24)(H,25,26). The molecule has 26 heavy (non-hydrogen) atoms. The van der Waals surface area contributed by atoms with Gasteiger partial charge in [0.1, 0.15) is 11.6 Å². The largest absolute Gasteiger partial charge is 0.479 e. The van der Waals surface area contributed by atoms with Crippen molar-refractivity contribution in [3.05, 3.63) is 52.3 Å². The Hall–Kier alpha value is -2.77. The molecule has 0 radical (unpaired) electrons. The highest BCUT2D eigenvalue weighted by atomic mass is 19.1. The number of aryl methyl sites for hydroxylation is 1. The summed E-state index contributed by atoms with van der Waals surface area (Å²) in [5, 5.41) is 16.2. The molecule has 1 aliphatic rings. The molecule has 1 aliphatic heterocycles. The van der Waals surface area contributed by atoms with E-state index in [1.807, 2.05) is 6.92 Å². The highest BCUT2D eigenvalue weighted by Gasteiger charge is 2.31. The van der Waals surface area contributed by atoms with Crippen molar-refractivity contribution in [1.82, 2.24) is 15.1 Å². The van der Waals surface area contributed by atoms with Crippen LogP contribution in [0.4, 0.5) is 8.78 Å². The van der Waals surface area contributed by atoms with Gasteiger partial charge in [0.15, 0.2) is 6.04 Å². The number of aliphatic carboxylic acids is 1. The van der Waals surface area contributed by atoms with Crippen molar-refractivity contribution in [2.24, 2.45) is 0 Å². The zero-order chi connectivity index (χ0) is 19.0. The van der Waals surface area contributed by atoms with Gasteiger partial charge < -0.3 is 10.4 Å². The van der Waals surface area contributed by atoms with Gasteiger partial charge in [-0.3, -0.25) is 9.48 Å². The van der Waals surface area contributed by atoms with Crippen LogP contribution in [0.3, 0.4) is 0 Å². The highest BCUT2D eigenvalue weighted by molar-refractivity contribution is 5.98. The number of carboxylic acids is 1. The third-order valence-electron chi connectivity index (χ3n) is 4.66. The minimum atomic E-state index is -1.63. The van der Waals surface area contributed by atoms with Gasteiger partial charge in [0.05, 0.1) is 17.0 Å². The molecular weight excluding hydrogens is 344 g/mol. The van der Waals surface area contributed by atoms with Crippen LogP contribution in [0.1, 0.15) is 59.2 Å². The summed E-state index contributed by atoms with van der Waals surface area (Å²) in [6.07, 6.45) is 2.52. The maximum Gasteiger partial charge on any atom is 0.331 e. The summed E-state index contributed by atoms with van der Waals surface area (Å²) in [4.78, 5) is 24.3. The van der Waals surface area contributed by atoms with Crippen molar-refractivity contribution in [3.8, 4) is 0 Å². The van der Waals surface area contributed by atoms with Crippen LogP contribution in [0.2, 0.25) is 0 Å². The average Bonchev–Trinajstić information content (AvgIpc) is 2.90. The van der Waals surface area contributed by atoms with E-state index in [9.17, 15) is 23.5 Å². The quantitative estimate of drug-likeness (QED) is 0.875. The first-order chi connectivity index (χ1) is 12.3. The van der Waals surface area contributed by atoms with Crippen LogP contribution < -0.4 is 5.32 Å². The Labute approximate surface area is 148 Å². The molecule has 2 heterocycles. The Balaban J connectivity index is 1.94. The second-order valence-corrected chi connectivity index (χ2v) is 6.50. The Kier molecular flexibility index (Phi) is 4.76. The maximum atomic E-state index is 14.0. The number of hydrogen-bond donors (Lipinski definition) is 2. The molecule has 1 amide bonds. The topological polar surface area (TPSA) is 84.2 Å². The number of hydrogen-bond acceptors (Lipinski definition) is 3. The van der Waals surface area contributed by atoms with Gasteiger partial charge in [-0.2, -0.15) is 5.10 Å². The second-order valence-electron chi connectivity index (χ2n) is 6.50. The Morgan fingerprint density at radius 2 is 2.12 bits per heavy atom. The third-order valence-corrected chi connectivity index (χ3v) is 4.66. The number of aromatic nitrogens is 2. The van der Waals surface area contributed by atoms with E-state index in [4.69, 9.17) is 0 Å². The molecule has 0 saturated carbocycles. The number of benzene rings is 1. The molecule has 0 saturated heterocycles. The molecule has 2 unspecified atom stereocenters. The molecule has 0 spiro atoms. The number of halogens is 2. The fourth-order valence-corrected chi connectivity index (χ4v) is 3.39. The molecule has 0 bridgehead atoms. The first kappa shape index (κ1) is 18.0. The van der Waals surface area contributed by atoms with E-state index in [-0.39, 0.29) is 11.6 Å². The third kappa shape index (κ3) is 3.18. The van der Waals surface area contributed by atoms with Gasteiger partial charge in [0.25, 0.3) is 5.91 Å². The summed E-state index contributed by atoms with van der Waals surface area (Å²) in [6, 6.07) is 1.09. The molecule has 6 nitrogen and oxygen atoms in total. The van der Waals surface area contributed by atoms with Crippen molar-refractivity contribution in [2.75, 3.05) is 0 Å². The minimum Gasteiger partial charge on any atom is -0.479 e. The van der Waals surface area contributed by atoms with E-state index in [0.717, 1.165) is 30.7 Å². The number of nitrogens with zero attached hydrogens (tertiary/aromatic N) is 2. The van der Waals surface area contributed by atoms with Crippen LogP contribution in [0, 0.1) is 18.6 Å². The van der Waals surface area contributed by atoms with Crippen LogP contribution in [-0.2, 0) is 11.2 Å². The summed E-state index contributed by atoms with van der Waals surface area (Å²) in [5.74, 6) is -3.91. The number of nitrogens with one attached hydrogen (secondary N) is 1.